The Hall–Kier alpha value is -6.46. The second-order valence-electron chi connectivity index (χ2n) is 15.5. The first-order valence-corrected chi connectivity index (χ1v) is 20.1. The van der Waals surface area contributed by atoms with Gasteiger partial charge in [0.25, 0.3) is 0 Å². The number of rotatable bonds is 7. The molecule has 0 fully saturated rings. The average Bonchev–Trinajstić information content (AvgIpc) is 3.90. The van der Waals surface area contributed by atoms with Crippen molar-refractivity contribution in [2.75, 3.05) is 0 Å². The van der Waals surface area contributed by atoms with Crippen LogP contribution in [0.2, 0.25) is 0 Å². The number of furan rings is 1. The largest absolute Gasteiger partial charge is 0.500 e. The van der Waals surface area contributed by atoms with Crippen molar-refractivity contribution in [2.24, 2.45) is 0 Å². The molecule has 0 aliphatic heterocycles. The van der Waals surface area contributed by atoms with Crippen molar-refractivity contribution in [3.8, 4) is 50.7 Å². The Balaban J connectivity index is 0.000000405. The van der Waals surface area contributed by atoms with Gasteiger partial charge >= 0.3 is 0 Å². The Bertz CT molecular complexity index is 3250. The molecule has 4 aromatic heterocycles. The molecule has 1 radical (unpaired) electrons. The van der Waals surface area contributed by atoms with Crippen molar-refractivity contribution < 1.29 is 32.7 Å². The van der Waals surface area contributed by atoms with Gasteiger partial charge in [-0.25, -0.2) is 0 Å². The average molecular weight is 977 g/mol. The molecule has 5 nitrogen and oxygen atoms in total. The number of pyridine rings is 2. The van der Waals surface area contributed by atoms with Crippen molar-refractivity contribution in [2.45, 2.75) is 53.2 Å². The number of imidazole rings is 1. The van der Waals surface area contributed by atoms with Gasteiger partial charge in [0, 0.05) is 63.4 Å². The molecule has 0 unspecified atom stereocenters. The van der Waals surface area contributed by atoms with Crippen LogP contribution >= 0.6 is 0 Å². The molecule has 0 spiro atoms. The molecule has 10 rings (SSSR count). The summed E-state index contributed by atoms with van der Waals surface area (Å²) in [5, 5.41) is 1.58. The zero-order valence-corrected chi connectivity index (χ0v) is 36.6. The molecule has 0 atom stereocenters. The minimum atomic E-state index is -2.50. The number of nitrogens with zero attached hydrogens (tertiary/aromatic N) is 4. The first-order valence-electron chi connectivity index (χ1n) is 23.1. The summed E-state index contributed by atoms with van der Waals surface area (Å²) in [5.41, 5.74) is 12.1. The first kappa shape index (κ1) is 34.3. The summed E-state index contributed by atoms with van der Waals surface area (Å²) in [6, 6.07) is 53.2. The maximum Gasteiger partial charge on any atom is 0.124 e. The number of hydrogen-bond acceptors (Lipinski definition) is 4. The number of fused-ring (bicyclic) bond motifs is 4. The van der Waals surface area contributed by atoms with Crippen molar-refractivity contribution in [1.82, 2.24) is 19.5 Å². The summed E-state index contributed by atoms with van der Waals surface area (Å²) < 4.78 is 56.8. The van der Waals surface area contributed by atoms with Crippen LogP contribution in [0.1, 0.15) is 70.0 Å². The van der Waals surface area contributed by atoms with E-state index in [0.717, 1.165) is 44.3 Å². The smallest absolute Gasteiger partial charge is 0.124 e. The first-order chi connectivity index (χ1) is 31.7. The van der Waals surface area contributed by atoms with Crippen LogP contribution in [0.5, 0.6) is 0 Å². The second-order valence-corrected chi connectivity index (χ2v) is 15.5. The molecular weight excluding hydrogens is 925 g/mol. The van der Waals surface area contributed by atoms with Gasteiger partial charge in [-0.05, 0) is 96.0 Å². The SMILES string of the molecule is [2H]C([2H])([2H])c1cc(-c2cc3oc4c(-c5nc6ccccc6n5-c5c(C(C)C)cc(-c6ccccc6)cc5C(C)C)[c-]ccc4c3cn2)cc(C([2H])([2H])[2H])c1.[Ir].[c-]1ccccc1-c1ccccn1. The molecule has 61 heavy (non-hydrogen) atoms. The fourth-order valence-corrected chi connectivity index (χ4v) is 7.85. The van der Waals surface area contributed by atoms with Gasteiger partial charge in [-0.15, -0.1) is 54.1 Å². The van der Waals surface area contributed by atoms with Crippen LogP contribution in [-0.4, -0.2) is 19.5 Å². The zero-order valence-electron chi connectivity index (χ0n) is 40.2. The van der Waals surface area contributed by atoms with Crippen LogP contribution in [0.3, 0.4) is 0 Å². The predicted molar refractivity (Wildman–Crippen MR) is 247 cm³/mol. The Morgan fingerprint density at radius 1 is 0.623 bits per heavy atom. The van der Waals surface area contributed by atoms with Crippen LogP contribution in [0, 0.1) is 25.8 Å². The maximum absolute atomic E-state index is 7.98. The quantitative estimate of drug-likeness (QED) is 0.149. The fourth-order valence-electron chi connectivity index (χ4n) is 7.85. The molecular formula is C55H46IrN4O-2. The van der Waals surface area contributed by atoms with Gasteiger partial charge in [-0.2, -0.15) is 0 Å². The summed E-state index contributed by atoms with van der Waals surface area (Å²) in [6.07, 6.45) is 3.48. The topological polar surface area (TPSA) is 56.7 Å². The summed E-state index contributed by atoms with van der Waals surface area (Å²) in [5.74, 6) is 1.08. The third kappa shape index (κ3) is 8.22. The number of para-hydroxylation sites is 2. The monoisotopic (exact) mass is 977 g/mol. The molecule has 4 heterocycles. The van der Waals surface area contributed by atoms with E-state index < -0.39 is 13.7 Å². The number of benzene rings is 6. The van der Waals surface area contributed by atoms with Gasteiger partial charge < -0.3 is 14.0 Å². The molecule has 303 valence electrons. The van der Waals surface area contributed by atoms with Gasteiger partial charge in [0.15, 0.2) is 0 Å². The third-order valence-corrected chi connectivity index (χ3v) is 10.7. The number of aryl methyl sites for hydroxylation is 2. The van der Waals surface area contributed by atoms with Gasteiger partial charge in [-0.1, -0.05) is 110 Å². The summed E-state index contributed by atoms with van der Waals surface area (Å²) >= 11 is 0. The molecule has 0 bridgehead atoms. The number of hydrogen-bond donors (Lipinski definition) is 0. The van der Waals surface area contributed by atoms with E-state index in [-0.39, 0.29) is 43.1 Å². The van der Waals surface area contributed by atoms with Crippen LogP contribution < -0.4 is 0 Å². The van der Waals surface area contributed by atoms with E-state index in [4.69, 9.17) is 17.6 Å². The fraction of sp³-hybridized carbons (Fsp3) is 0.145. The van der Waals surface area contributed by atoms with E-state index in [0.29, 0.717) is 33.8 Å². The molecule has 0 N–H and O–H groups in total. The Labute approximate surface area is 380 Å². The second kappa shape index (κ2) is 17.6. The predicted octanol–water partition coefficient (Wildman–Crippen LogP) is 14.5. The Morgan fingerprint density at radius 3 is 2.03 bits per heavy atom. The van der Waals surface area contributed by atoms with E-state index in [9.17, 15) is 0 Å². The van der Waals surface area contributed by atoms with E-state index in [1.165, 1.54) is 34.9 Å². The van der Waals surface area contributed by atoms with Crippen molar-refractivity contribution in [1.29, 1.82) is 0 Å². The summed E-state index contributed by atoms with van der Waals surface area (Å²) in [6.45, 7) is 3.90. The van der Waals surface area contributed by atoms with E-state index >= 15 is 0 Å². The maximum atomic E-state index is 7.98. The van der Waals surface area contributed by atoms with Crippen molar-refractivity contribution in [3.05, 3.63) is 192 Å². The Morgan fingerprint density at radius 2 is 1.34 bits per heavy atom. The zero-order chi connectivity index (χ0) is 46.3. The van der Waals surface area contributed by atoms with Gasteiger partial charge in [0.1, 0.15) is 5.58 Å². The van der Waals surface area contributed by atoms with E-state index in [1.54, 1.807) is 18.5 Å². The van der Waals surface area contributed by atoms with Gasteiger partial charge in [0.2, 0.25) is 0 Å². The van der Waals surface area contributed by atoms with Crippen LogP contribution in [0.25, 0.3) is 83.7 Å². The van der Waals surface area contributed by atoms with Gasteiger partial charge in [-0.3, -0.25) is 9.97 Å². The molecule has 10 aromatic rings. The molecule has 6 heteroatoms. The standard InChI is InChI=1S/C44H38N3O.C11H8N.Ir/c1-26(2)35-22-31(30-13-8-7-9-14-30)23-36(27(3)4)42(35)47-40-18-11-10-17-38(40)46-44(47)34-16-12-15-33-37-25-45-39(24-41(37)48-43(33)34)32-20-28(5)19-29(6)21-32;1-2-6-10(7-3-1)11-8-4-5-9-12-11;/h7-15,17-27H,1-6H3;1-6,8-9H;/q2*-1;/i5D3,6D3;;. The molecule has 0 amide bonds. The normalized spacial score (nSPS) is 13.1. The van der Waals surface area contributed by atoms with Crippen LogP contribution in [-0.2, 0) is 20.1 Å². The van der Waals surface area contributed by atoms with E-state index in [1.807, 2.05) is 78.9 Å². The van der Waals surface area contributed by atoms with Crippen molar-refractivity contribution in [3.63, 3.8) is 0 Å². The minimum Gasteiger partial charge on any atom is -0.500 e. The molecule has 0 aliphatic rings. The molecule has 6 aromatic carbocycles. The van der Waals surface area contributed by atoms with Crippen LogP contribution in [0.4, 0.5) is 0 Å². The van der Waals surface area contributed by atoms with E-state index in [2.05, 4.69) is 96.8 Å². The summed E-state index contributed by atoms with van der Waals surface area (Å²) in [7, 11) is 0. The number of aromatic nitrogens is 4. The van der Waals surface area contributed by atoms with Gasteiger partial charge in [0.05, 0.1) is 28.1 Å². The van der Waals surface area contributed by atoms with Crippen LogP contribution in [0.15, 0.2) is 162 Å². The van der Waals surface area contributed by atoms with Crippen molar-refractivity contribution >= 4 is 33.0 Å². The minimum absolute atomic E-state index is 0. The molecule has 0 saturated heterocycles. The Kier molecular flexibility index (Phi) is 9.91. The third-order valence-electron chi connectivity index (χ3n) is 10.7. The summed E-state index contributed by atoms with van der Waals surface area (Å²) in [4.78, 5) is 14.1. The molecule has 0 saturated carbocycles. The molecule has 0 aliphatic carbocycles.